The fourth-order valence-electron chi connectivity index (χ4n) is 4.99. The molecule has 0 amide bonds. The van der Waals surface area contributed by atoms with Crippen molar-refractivity contribution in [3.05, 3.63) is 107 Å². The number of nitrogens with zero attached hydrogens (tertiary/aromatic N) is 5. The smallest absolute Gasteiger partial charge is 0.335 e. The minimum absolute atomic E-state index is 0.00408. The van der Waals surface area contributed by atoms with E-state index in [1.165, 1.54) is 0 Å². The number of likely N-dealkylation sites (tertiary alicyclic amines) is 1. The van der Waals surface area contributed by atoms with E-state index < -0.39 is 0 Å². The molecule has 1 fully saturated rings. The van der Waals surface area contributed by atoms with Crippen LogP contribution in [0.15, 0.2) is 96.1 Å². The van der Waals surface area contributed by atoms with Crippen LogP contribution in [-0.4, -0.2) is 42.2 Å². The first-order valence-electron chi connectivity index (χ1n) is 11.8. The molecule has 1 atom stereocenters. The highest BCUT2D eigenvalue weighted by molar-refractivity contribution is 5.75. The van der Waals surface area contributed by atoms with Gasteiger partial charge in [-0.2, -0.15) is 0 Å². The summed E-state index contributed by atoms with van der Waals surface area (Å²) in [5, 5.41) is 10.1. The van der Waals surface area contributed by atoms with E-state index in [2.05, 4.69) is 27.0 Å². The summed E-state index contributed by atoms with van der Waals surface area (Å²) in [6.45, 7) is 2.06. The maximum absolute atomic E-state index is 13.8. The molecule has 4 heterocycles. The summed E-state index contributed by atoms with van der Waals surface area (Å²) in [5.41, 5.74) is 5.12. The summed E-state index contributed by atoms with van der Waals surface area (Å²) >= 11 is 0. The molecule has 7 heteroatoms. The van der Waals surface area contributed by atoms with Crippen molar-refractivity contribution in [2.45, 2.75) is 19.0 Å². The Morgan fingerprint density at radius 2 is 1.60 bits per heavy atom. The first-order valence-corrected chi connectivity index (χ1v) is 11.8. The highest BCUT2D eigenvalue weighted by Crippen LogP contribution is 2.28. The maximum atomic E-state index is 13.8. The second kappa shape index (κ2) is 8.85. The second-order valence-corrected chi connectivity index (χ2v) is 8.89. The SMILES string of the molecule is O=c1n(-c2ccc(-c3ccccc3)cc2)c2cccnc2n1[C@H]1CCN(Cc2ncccc2O)C1. The standard InChI is InChI=1S/C28H25N5O2/c34-26-9-5-15-29-24(26)19-31-17-14-23(18-31)33-27-25(8-4-16-30-27)32(28(33)35)22-12-10-21(11-13-22)20-6-2-1-3-7-20/h1-13,15-16,23,34H,14,17-19H2/t23-/m0/s1. The molecule has 1 aliphatic rings. The summed E-state index contributed by atoms with van der Waals surface area (Å²) in [6.07, 6.45) is 4.25. The third-order valence-corrected chi connectivity index (χ3v) is 6.72. The average Bonchev–Trinajstić information content (AvgIpc) is 3.47. The van der Waals surface area contributed by atoms with Gasteiger partial charge in [-0.25, -0.2) is 9.78 Å². The molecular formula is C28H25N5O2. The molecule has 1 N–H and O–H groups in total. The predicted molar refractivity (Wildman–Crippen MR) is 136 cm³/mol. The van der Waals surface area contributed by atoms with Crippen molar-refractivity contribution < 1.29 is 5.11 Å². The molecule has 0 radical (unpaired) electrons. The van der Waals surface area contributed by atoms with Crippen LogP contribution in [0.4, 0.5) is 0 Å². The number of rotatable bonds is 5. The van der Waals surface area contributed by atoms with Crippen LogP contribution in [0.3, 0.4) is 0 Å². The van der Waals surface area contributed by atoms with Gasteiger partial charge >= 0.3 is 5.69 Å². The highest BCUT2D eigenvalue weighted by Gasteiger charge is 2.29. The topological polar surface area (TPSA) is 76.2 Å². The molecule has 35 heavy (non-hydrogen) atoms. The van der Waals surface area contributed by atoms with Gasteiger partial charge in [0.2, 0.25) is 0 Å². The van der Waals surface area contributed by atoms with Crippen molar-refractivity contribution in [1.29, 1.82) is 0 Å². The van der Waals surface area contributed by atoms with Crippen molar-refractivity contribution >= 4 is 11.2 Å². The monoisotopic (exact) mass is 463 g/mol. The van der Waals surface area contributed by atoms with E-state index in [1.54, 1.807) is 29.1 Å². The number of imidazole rings is 1. The summed E-state index contributed by atoms with van der Waals surface area (Å²) < 4.78 is 3.59. The van der Waals surface area contributed by atoms with Crippen LogP contribution in [0.5, 0.6) is 5.75 Å². The number of aromatic nitrogens is 4. The molecule has 0 bridgehead atoms. The minimum atomic E-state index is -0.0845. The zero-order valence-electron chi connectivity index (χ0n) is 19.2. The molecule has 1 aliphatic heterocycles. The Hall–Kier alpha value is -4.23. The number of hydrogen-bond acceptors (Lipinski definition) is 5. The summed E-state index contributed by atoms with van der Waals surface area (Å²) in [5.74, 6) is 0.199. The molecule has 3 aromatic heterocycles. The van der Waals surface area contributed by atoms with Crippen molar-refractivity contribution in [3.8, 4) is 22.6 Å². The Morgan fingerprint density at radius 1 is 0.857 bits per heavy atom. The molecule has 0 aliphatic carbocycles. The lowest BCUT2D eigenvalue weighted by atomic mass is 10.1. The molecule has 5 aromatic rings. The van der Waals surface area contributed by atoms with E-state index in [4.69, 9.17) is 0 Å². The Morgan fingerprint density at radius 3 is 2.40 bits per heavy atom. The average molecular weight is 464 g/mol. The van der Waals surface area contributed by atoms with Gasteiger partial charge in [0.1, 0.15) is 5.75 Å². The van der Waals surface area contributed by atoms with Gasteiger partial charge in [-0.3, -0.25) is 19.0 Å². The van der Waals surface area contributed by atoms with Crippen LogP contribution in [-0.2, 0) is 6.54 Å². The molecule has 0 saturated carbocycles. The summed E-state index contributed by atoms with van der Waals surface area (Å²) in [4.78, 5) is 24.9. The first kappa shape index (κ1) is 21.3. The van der Waals surface area contributed by atoms with Crippen molar-refractivity contribution in [1.82, 2.24) is 24.0 Å². The van der Waals surface area contributed by atoms with Crippen LogP contribution < -0.4 is 5.69 Å². The molecule has 2 aromatic carbocycles. The quantitative estimate of drug-likeness (QED) is 0.418. The molecular weight excluding hydrogens is 438 g/mol. The van der Waals surface area contributed by atoms with Crippen LogP contribution in [0.25, 0.3) is 28.0 Å². The van der Waals surface area contributed by atoms with Gasteiger partial charge in [0.05, 0.1) is 22.9 Å². The minimum Gasteiger partial charge on any atom is -0.506 e. The van der Waals surface area contributed by atoms with Crippen LogP contribution in [0.2, 0.25) is 0 Å². The fraction of sp³-hybridized carbons (Fsp3) is 0.179. The highest BCUT2D eigenvalue weighted by atomic mass is 16.3. The van der Waals surface area contributed by atoms with Crippen LogP contribution in [0, 0.1) is 0 Å². The zero-order valence-corrected chi connectivity index (χ0v) is 19.2. The number of fused-ring (bicyclic) bond motifs is 1. The maximum Gasteiger partial charge on any atom is 0.335 e. The van der Waals surface area contributed by atoms with Crippen molar-refractivity contribution in [2.24, 2.45) is 0 Å². The van der Waals surface area contributed by atoms with Gasteiger partial charge in [0.15, 0.2) is 5.65 Å². The van der Waals surface area contributed by atoms with E-state index in [0.29, 0.717) is 24.4 Å². The van der Waals surface area contributed by atoms with Crippen LogP contribution >= 0.6 is 0 Å². The van der Waals surface area contributed by atoms with Crippen LogP contribution in [0.1, 0.15) is 18.2 Å². The Kier molecular flexibility index (Phi) is 5.39. The number of benzene rings is 2. The number of hydrogen-bond donors (Lipinski definition) is 1. The second-order valence-electron chi connectivity index (χ2n) is 8.89. The van der Waals surface area contributed by atoms with Gasteiger partial charge < -0.3 is 5.11 Å². The van der Waals surface area contributed by atoms with E-state index in [9.17, 15) is 9.90 Å². The Labute approximate surface area is 202 Å². The van der Waals surface area contributed by atoms with Gasteiger partial charge in [-0.1, -0.05) is 42.5 Å². The third-order valence-electron chi connectivity index (χ3n) is 6.72. The van der Waals surface area contributed by atoms with Gasteiger partial charge in [0, 0.05) is 32.0 Å². The molecule has 0 unspecified atom stereocenters. The fourth-order valence-corrected chi connectivity index (χ4v) is 4.99. The normalized spacial score (nSPS) is 16.2. The number of pyridine rings is 2. The molecule has 6 rings (SSSR count). The lowest BCUT2D eigenvalue weighted by molar-refractivity contribution is 0.305. The first-order chi connectivity index (χ1) is 17.2. The third kappa shape index (κ3) is 3.90. The zero-order chi connectivity index (χ0) is 23.8. The molecule has 0 spiro atoms. The molecule has 174 valence electrons. The van der Waals surface area contributed by atoms with Crippen molar-refractivity contribution in [2.75, 3.05) is 13.1 Å². The predicted octanol–water partition coefficient (Wildman–Crippen LogP) is 4.40. The van der Waals surface area contributed by atoms with E-state index in [1.807, 2.05) is 59.2 Å². The van der Waals surface area contributed by atoms with E-state index in [-0.39, 0.29) is 17.5 Å². The lowest BCUT2D eigenvalue weighted by Crippen LogP contribution is -2.29. The Balaban J connectivity index is 1.34. The van der Waals surface area contributed by atoms with Gasteiger partial charge in [-0.15, -0.1) is 0 Å². The van der Waals surface area contributed by atoms with Gasteiger partial charge in [-0.05, 0) is 53.9 Å². The Bertz CT molecular complexity index is 1540. The summed E-state index contributed by atoms with van der Waals surface area (Å²) in [7, 11) is 0. The molecule has 7 nitrogen and oxygen atoms in total. The van der Waals surface area contributed by atoms with E-state index >= 15 is 0 Å². The van der Waals surface area contributed by atoms with Gasteiger partial charge in [0.25, 0.3) is 0 Å². The lowest BCUT2D eigenvalue weighted by Gasteiger charge is -2.16. The van der Waals surface area contributed by atoms with E-state index in [0.717, 1.165) is 35.3 Å². The largest absolute Gasteiger partial charge is 0.506 e. The van der Waals surface area contributed by atoms with Crippen molar-refractivity contribution in [3.63, 3.8) is 0 Å². The summed E-state index contributed by atoms with van der Waals surface area (Å²) in [6, 6.07) is 25.5. The molecule has 1 saturated heterocycles. The number of aromatic hydroxyl groups is 1.